The average Bonchev–Trinajstić information content (AvgIpc) is 3.71. The van der Waals surface area contributed by atoms with Gasteiger partial charge in [0.15, 0.2) is 5.41 Å². The van der Waals surface area contributed by atoms with Crippen molar-refractivity contribution in [1.29, 1.82) is 10.5 Å². The maximum absolute atomic E-state index is 13.6. The van der Waals surface area contributed by atoms with Crippen LogP contribution in [0.2, 0.25) is 0 Å². The number of nitriles is 2. The highest BCUT2D eigenvalue weighted by atomic mass is 19.4. The van der Waals surface area contributed by atoms with Gasteiger partial charge in [-0.2, -0.15) is 28.8 Å². The number of piperazine rings is 1. The summed E-state index contributed by atoms with van der Waals surface area (Å²) in [6, 6.07) is 8.48. The Hall–Kier alpha value is -4.14. The molecule has 2 fully saturated rings. The standard InChI is InChI=1S/C26H23B3F2N8O.CHF3/c1-14-11-37(7-8-38(14)24(40)25(2,12-33)23(30)31)22-20-17(15-3-4-15)5-6-18(21(20)34-13-35-22)19-9-16(10-32)39(36-19)26(27,28)29;2-1(3)4/h5-6,9,13-15,23H,3-4,7-8,11H2,1-2H3;1H. The van der Waals surface area contributed by atoms with Crippen LogP contribution in [0.15, 0.2) is 24.5 Å². The van der Waals surface area contributed by atoms with E-state index in [4.69, 9.17) is 23.5 Å². The van der Waals surface area contributed by atoms with Crippen molar-refractivity contribution in [3.05, 3.63) is 35.8 Å². The lowest BCUT2D eigenvalue weighted by Gasteiger charge is -2.42. The Morgan fingerprint density at radius 2 is 1.75 bits per heavy atom. The van der Waals surface area contributed by atoms with Crippen molar-refractivity contribution in [3.8, 4) is 23.4 Å². The zero-order chi connectivity index (χ0) is 32.6. The monoisotopic (exact) mass is 604 g/mol. The Morgan fingerprint density at radius 3 is 2.25 bits per heavy atom. The topological polar surface area (TPSA) is 115 Å². The summed E-state index contributed by atoms with van der Waals surface area (Å²) in [5, 5.41) is 22.2. The van der Waals surface area contributed by atoms with Crippen LogP contribution in [0, 0.1) is 28.1 Å². The molecule has 0 N–H and O–H groups in total. The summed E-state index contributed by atoms with van der Waals surface area (Å²) in [6.45, 7) is -0.136. The Kier molecular flexibility index (Phi) is 9.28. The molecule has 2 aromatic heterocycles. The third kappa shape index (κ3) is 6.37. The van der Waals surface area contributed by atoms with Crippen molar-refractivity contribution >= 4 is 46.2 Å². The lowest BCUT2D eigenvalue weighted by Crippen LogP contribution is -2.58. The maximum Gasteiger partial charge on any atom is 0.379 e. The van der Waals surface area contributed by atoms with E-state index in [9.17, 15) is 37.3 Å². The van der Waals surface area contributed by atoms with Crippen LogP contribution in [0.5, 0.6) is 0 Å². The Morgan fingerprint density at radius 1 is 1.09 bits per heavy atom. The van der Waals surface area contributed by atoms with Crippen LogP contribution in [0.3, 0.4) is 0 Å². The molecule has 3 heterocycles. The molecule has 2 aliphatic rings. The molecule has 1 amide bonds. The van der Waals surface area contributed by atoms with Crippen molar-refractivity contribution in [2.75, 3.05) is 24.5 Å². The van der Waals surface area contributed by atoms with Crippen molar-refractivity contribution in [1.82, 2.24) is 24.6 Å². The van der Waals surface area contributed by atoms with Gasteiger partial charge in [0, 0.05) is 42.7 Å². The number of hydrogen-bond donors (Lipinski definition) is 0. The molecule has 1 saturated carbocycles. The molecule has 1 aromatic carbocycles. The van der Waals surface area contributed by atoms with Crippen LogP contribution in [0.4, 0.5) is 27.8 Å². The number of benzene rings is 1. The van der Waals surface area contributed by atoms with Gasteiger partial charge >= 0.3 is 6.68 Å². The third-order valence-electron chi connectivity index (χ3n) is 7.59. The number of nitrogens with zero attached hydrogens (tertiary/aromatic N) is 8. The first-order chi connectivity index (χ1) is 20.6. The molecule has 9 nitrogen and oxygen atoms in total. The normalized spacial score (nSPS) is 18.4. The summed E-state index contributed by atoms with van der Waals surface area (Å²) in [5.74, 6) is 0.0988. The highest BCUT2D eigenvalue weighted by Gasteiger charge is 2.47. The molecular weight excluding hydrogens is 580 g/mol. The Bertz CT molecular complexity index is 1630. The number of anilines is 1. The molecular formula is C27H24B3F5N8O. The zero-order valence-corrected chi connectivity index (χ0v) is 23.8. The quantitative estimate of drug-likeness (QED) is 0.314. The minimum absolute atomic E-state index is 0.0824. The predicted molar refractivity (Wildman–Crippen MR) is 153 cm³/mol. The summed E-state index contributed by atoms with van der Waals surface area (Å²) >= 11 is 0. The number of carbonyl (C=O) groups is 1. The van der Waals surface area contributed by atoms with Crippen molar-refractivity contribution in [2.45, 2.75) is 57.0 Å². The number of halogens is 5. The van der Waals surface area contributed by atoms with Gasteiger partial charge in [-0.1, -0.05) is 12.1 Å². The highest BCUT2D eigenvalue weighted by Crippen LogP contribution is 2.46. The summed E-state index contributed by atoms with van der Waals surface area (Å²) in [5.41, 5.74) is 0.393. The summed E-state index contributed by atoms with van der Waals surface area (Å²) < 4.78 is 57.3. The second-order valence-electron chi connectivity index (χ2n) is 10.9. The van der Waals surface area contributed by atoms with Crippen molar-refractivity contribution < 1.29 is 26.7 Å². The van der Waals surface area contributed by atoms with Crippen LogP contribution in [-0.4, -0.2) is 92.9 Å². The van der Waals surface area contributed by atoms with E-state index in [1.807, 2.05) is 23.1 Å². The second kappa shape index (κ2) is 12.5. The molecule has 1 aliphatic heterocycles. The molecule has 2 unspecified atom stereocenters. The van der Waals surface area contributed by atoms with Crippen LogP contribution >= 0.6 is 0 Å². The lowest BCUT2D eigenvalue weighted by atomic mass is 9.49. The number of carbonyl (C=O) groups excluding carboxylic acids is 1. The fraction of sp³-hybridized carbons (Fsp3) is 0.481. The number of amides is 1. The predicted octanol–water partition coefficient (Wildman–Crippen LogP) is 3.33. The minimum Gasteiger partial charge on any atom is -0.352 e. The number of alkyl halides is 5. The average molecular weight is 604 g/mol. The van der Waals surface area contributed by atoms with E-state index in [1.165, 1.54) is 23.4 Å². The summed E-state index contributed by atoms with van der Waals surface area (Å²) in [6.07, 6.45) is 0.370. The van der Waals surface area contributed by atoms with Gasteiger partial charge in [-0.3, -0.25) is 9.48 Å². The largest absolute Gasteiger partial charge is 0.379 e. The smallest absolute Gasteiger partial charge is 0.352 e. The summed E-state index contributed by atoms with van der Waals surface area (Å²) in [4.78, 5) is 25.5. The molecule has 3 aromatic rings. The molecule has 1 saturated heterocycles. The van der Waals surface area contributed by atoms with Gasteiger partial charge in [0.1, 0.15) is 23.9 Å². The van der Waals surface area contributed by atoms with Crippen molar-refractivity contribution in [2.24, 2.45) is 5.41 Å². The van der Waals surface area contributed by atoms with Gasteiger partial charge in [-0.25, -0.2) is 18.7 Å². The first kappa shape index (κ1) is 32.8. The molecule has 5 rings (SSSR count). The van der Waals surface area contributed by atoms with E-state index in [2.05, 4.69) is 15.1 Å². The first-order valence-corrected chi connectivity index (χ1v) is 13.5. The molecule has 44 heavy (non-hydrogen) atoms. The highest BCUT2D eigenvalue weighted by molar-refractivity contribution is 6.56. The molecule has 6 radical (unpaired) electrons. The molecule has 2 atom stereocenters. The fourth-order valence-electron chi connectivity index (χ4n) is 5.19. The van der Waals surface area contributed by atoms with Gasteiger partial charge in [0.2, 0.25) is 5.91 Å². The van der Waals surface area contributed by atoms with Crippen LogP contribution in [0.25, 0.3) is 22.2 Å². The number of fused-ring (bicyclic) bond motifs is 1. The number of hydrogen-bond acceptors (Lipinski definition) is 7. The van der Waals surface area contributed by atoms with Crippen molar-refractivity contribution in [3.63, 3.8) is 0 Å². The van der Waals surface area contributed by atoms with E-state index in [0.29, 0.717) is 41.6 Å². The van der Waals surface area contributed by atoms with Crippen LogP contribution in [0.1, 0.15) is 43.9 Å². The van der Waals surface area contributed by atoms with Gasteiger partial charge < -0.3 is 9.80 Å². The van der Waals surface area contributed by atoms with Crippen LogP contribution in [-0.2, 0) is 10.0 Å². The van der Waals surface area contributed by atoms with E-state index in [0.717, 1.165) is 35.4 Å². The lowest BCUT2D eigenvalue weighted by molar-refractivity contribution is -0.147. The van der Waals surface area contributed by atoms with Gasteiger partial charge in [0.25, 0.3) is 6.43 Å². The van der Waals surface area contributed by atoms with E-state index in [1.54, 1.807) is 6.92 Å². The minimum atomic E-state index is -3.67. The van der Waals surface area contributed by atoms with Crippen LogP contribution < -0.4 is 4.90 Å². The van der Waals surface area contributed by atoms with E-state index < -0.39 is 35.7 Å². The molecule has 17 heteroatoms. The Labute approximate surface area is 254 Å². The molecule has 0 bridgehead atoms. The Balaban J connectivity index is 0.00000104. The number of rotatable bonds is 6. The second-order valence-corrected chi connectivity index (χ2v) is 10.9. The maximum atomic E-state index is 13.6. The third-order valence-corrected chi connectivity index (χ3v) is 7.59. The molecule has 1 aliphatic carbocycles. The van der Waals surface area contributed by atoms with Gasteiger partial charge in [0.05, 0.1) is 40.8 Å². The van der Waals surface area contributed by atoms with E-state index in [-0.39, 0.29) is 12.2 Å². The zero-order valence-electron chi connectivity index (χ0n) is 23.8. The first-order valence-electron chi connectivity index (χ1n) is 13.5. The van der Waals surface area contributed by atoms with Gasteiger partial charge in [-0.05, 0) is 43.4 Å². The fourth-order valence-corrected chi connectivity index (χ4v) is 5.19. The number of aromatic nitrogens is 4. The van der Waals surface area contributed by atoms with E-state index >= 15 is 0 Å². The molecule has 222 valence electrons. The molecule has 0 spiro atoms. The van der Waals surface area contributed by atoms with Gasteiger partial charge in [-0.15, -0.1) is 0 Å². The SMILES string of the molecule is FC(F)F.[B]C([B])([B])n1nc(-c2ccc(C3CC3)c3c(N4CCN(C(=O)C(C)(C#N)C(F)F)C(C)C4)ncnc23)cc1C#N. The summed E-state index contributed by atoms with van der Waals surface area (Å²) in [7, 11) is 17.4.